The van der Waals surface area contributed by atoms with E-state index in [1.807, 2.05) is 0 Å². The van der Waals surface area contributed by atoms with Gasteiger partial charge in [-0.2, -0.15) is 18.3 Å². The third-order valence-corrected chi connectivity index (χ3v) is 3.36. The average Bonchev–Trinajstić information content (AvgIpc) is 2.79. The van der Waals surface area contributed by atoms with E-state index in [2.05, 4.69) is 5.10 Å². The Labute approximate surface area is 123 Å². The molecule has 0 saturated carbocycles. The lowest BCUT2D eigenvalue weighted by molar-refractivity contribution is -0.148. The fourth-order valence-electron chi connectivity index (χ4n) is 2.36. The summed E-state index contributed by atoms with van der Waals surface area (Å²) in [5, 5.41) is 3.55. The highest BCUT2D eigenvalue weighted by Crippen LogP contribution is 2.23. The number of halogens is 5. The molecule has 0 atom stereocenters. The zero-order chi connectivity index (χ0) is 16.5. The van der Waals surface area contributed by atoms with Crippen molar-refractivity contribution in [3.63, 3.8) is 0 Å². The van der Waals surface area contributed by atoms with Crippen molar-refractivity contribution in [2.75, 3.05) is 32.7 Å². The van der Waals surface area contributed by atoms with E-state index in [9.17, 15) is 26.7 Å². The van der Waals surface area contributed by atoms with Gasteiger partial charge in [0.05, 0.1) is 12.1 Å². The molecule has 1 aromatic rings. The third kappa shape index (κ3) is 3.93. The number of carbonyl (C=O) groups excluding carboxylic acids is 1. The minimum absolute atomic E-state index is 0.0511. The van der Waals surface area contributed by atoms with Crippen LogP contribution < -0.4 is 0 Å². The van der Waals surface area contributed by atoms with Crippen molar-refractivity contribution >= 4 is 5.91 Å². The maximum atomic E-state index is 12.8. The summed E-state index contributed by atoms with van der Waals surface area (Å²) >= 11 is 0. The van der Waals surface area contributed by atoms with Crippen LogP contribution in [0.3, 0.4) is 0 Å². The Morgan fingerprint density at radius 3 is 2.36 bits per heavy atom. The van der Waals surface area contributed by atoms with Crippen molar-refractivity contribution in [3.05, 3.63) is 17.5 Å². The Kier molecular flexibility index (Phi) is 4.69. The molecular weight excluding hydrogens is 311 g/mol. The van der Waals surface area contributed by atoms with Crippen LogP contribution in [0.15, 0.2) is 6.20 Å². The van der Waals surface area contributed by atoms with Gasteiger partial charge in [-0.15, -0.1) is 0 Å². The van der Waals surface area contributed by atoms with Gasteiger partial charge in [0.1, 0.15) is 5.69 Å². The first-order valence-electron chi connectivity index (χ1n) is 6.57. The molecule has 2 heterocycles. The van der Waals surface area contributed by atoms with E-state index >= 15 is 0 Å². The topological polar surface area (TPSA) is 41.4 Å². The SMILES string of the molecule is Cn1cc(C(=O)N2CCN(CC(F)(F)F)CC2)c(C(F)F)n1. The van der Waals surface area contributed by atoms with Crippen molar-refractivity contribution in [3.8, 4) is 0 Å². The monoisotopic (exact) mass is 326 g/mol. The van der Waals surface area contributed by atoms with Gasteiger partial charge in [-0.05, 0) is 0 Å². The minimum Gasteiger partial charge on any atom is -0.336 e. The molecule has 1 saturated heterocycles. The fourth-order valence-corrected chi connectivity index (χ4v) is 2.36. The summed E-state index contributed by atoms with van der Waals surface area (Å²) in [4.78, 5) is 14.7. The number of rotatable bonds is 3. The molecule has 0 aliphatic carbocycles. The predicted molar refractivity (Wildman–Crippen MR) is 66.6 cm³/mol. The second-order valence-electron chi connectivity index (χ2n) is 5.09. The van der Waals surface area contributed by atoms with Gasteiger partial charge in [0.25, 0.3) is 12.3 Å². The lowest BCUT2D eigenvalue weighted by atomic mass is 10.2. The van der Waals surface area contributed by atoms with Crippen LogP contribution in [-0.4, -0.2) is 64.4 Å². The molecule has 0 unspecified atom stereocenters. The molecule has 124 valence electrons. The molecule has 1 amide bonds. The lowest BCUT2D eigenvalue weighted by Crippen LogP contribution is -2.51. The van der Waals surface area contributed by atoms with Gasteiger partial charge in [0.2, 0.25) is 0 Å². The maximum absolute atomic E-state index is 12.8. The molecule has 0 spiro atoms. The predicted octanol–water partition coefficient (Wildman–Crippen LogP) is 1.68. The van der Waals surface area contributed by atoms with Crippen LogP contribution >= 0.6 is 0 Å². The van der Waals surface area contributed by atoms with Gasteiger partial charge >= 0.3 is 6.18 Å². The molecule has 5 nitrogen and oxygen atoms in total. The highest BCUT2D eigenvalue weighted by molar-refractivity contribution is 5.95. The Balaban J connectivity index is 2.01. The number of piperazine rings is 1. The second kappa shape index (κ2) is 6.19. The molecule has 0 N–H and O–H groups in total. The van der Waals surface area contributed by atoms with Gasteiger partial charge in [-0.25, -0.2) is 8.78 Å². The molecule has 22 heavy (non-hydrogen) atoms. The highest BCUT2D eigenvalue weighted by atomic mass is 19.4. The first-order chi connectivity index (χ1) is 10.2. The number of carbonyl (C=O) groups is 1. The summed E-state index contributed by atoms with van der Waals surface area (Å²) in [7, 11) is 1.42. The Morgan fingerprint density at radius 2 is 1.86 bits per heavy atom. The van der Waals surface area contributed by atoms with Gasteiger partial charge in [0.15, 0.2) is 0 Å². The minimum atomic E-state index is -4.29. The van der Waals surface area contributed by atoms with Crippen LogP contribution in [0, 0.1) is 0 Å². The zero-order valence-electron chi connectivity index (χ0n) is 11.8. The first kappa shape index (κ1) is 16.7. The smallest absolute Gasteiger partial charge is 0.336 e. The summed E-state index contributed by atoms with van der Waals surface area (Å²) in [6.07, 6.45) is -5.98. The molecule has 0 radical (unpaired) electrons. The highest BCUT2D eigenvalue weighted by Gasteiger charge is 2.34. The Hall–Kier alpha value is -1.71. The van der Waals surface area contributed by atoms with Crippen molar-refractivity contribution in [1.29, 1.82) is 0 Å². The first-order valence-corrected chi connectivity index (χ1v) is 6.57. The summed E-state index contributed by atoms with van der Waals surface area (Å²) < 4.78 is 63.7. The largest absolute Gasteiger partial charge is 0.401 e. The van der Waals surface area contributed by atoms with Gasteiger partial charge in [-0.1, -0.05) is 0 Å². The Bertz CT molecular complexity index is 534. The molecule has 0 aromatic carbocycles. The standard InChI is InChI=1S/C12H15F5N4O/c1-19-6-8(9(18-19)10(13)14)11(22)21-4-2-20(3-5-21)7-12(15,16)17/h6,10H,2-5,7H2,1H3. The number of alkyl halides is 5. The van der Waals surface area contributed by atoms with Crippen LogP contribution in [0.5, 0.6) is 0 Å². The maximum Gasteiger partial charge on any atom is 0.401 e. The van der Waals surface area contributed by atoms with Gasteiger partial charge in [-0.3, -0.25) is 14.4 Å². The van der Waals surface area contributed by atoms with E-state index in [4.69, 9.17) is 0 Å². The number of amides is 1. The van der Waals surface area contributed by atoms with Crippen molar-refractivity contribution in [2.24, 2.45) is 7.05 Å². The molecule has 1 fully saturated rings. The molecule has 1 aliphatic heterocycles. The van der Waals surface area contributed by atoms with Crippen molar-refractivity contribution in [2.45, 2.75) is 12.6 Å². The number of nitrogens with zero attached hydrogens (tertiary/aromatic N) is 4. The Morgan fingerprint density at radius 1 is 1.27 bits per heavy atom. The molecule has 10 heteroatoms. The van der Waals surface area contributed by atoms with E-state index in [1.165, 1.54) is 23.0 Å². The number of hydrogen-bond acceptors (Lipinski definition) is 3. The van der Waals surface area contributed by atoms with Crippen molar-refractivity contribution < 1.29 is 26.7 Å². The second-order valence-corrected chi connectivity index (χ2v) is 5.09. The van der Waals surface area contributed by atoms with E-state index in [1.54, 1.807) is 0 Å². The number of hydrogen-bond donors (Lipinski definition) is 0. The van der Waals surface area contributed by atoms with Crippen LogP contribution in [0.4, 0.5) is 22.0 Å². The molecule has 1 aromatic heterocycles. The molecule has 0 bridgehead atoms. The van der Waals surface area contributed by atoms with E-state index in [0.29, 0.717) is 0 Å². The van der Waals surface area contributed by atoms with Crippen LogP contribution in [0.2, 0.25) is 0 Å². The normalized spacial score (nSPS) is 17.3. The molecule has 1 aliphatic rings. The van der Waals surface area contributed by atoms with Crippen LogP contribution in [-0.2, 0) is 7.05 Å². The van der Waals surface area contributed by atoms with E-state index < -0.39 is 30.7 Å². The zero-order valence-corrected chi connectivity index (χ0v) is 11.8. The lowest BCUT2D eigenvalue weighted by Gasteiger charge is -2.34. The van der Waals surface area contributed by atoms with E-state index in [-0.39, 0.29) is 31.7 Å². The van der Waals surface area contributed by atoms with Crippen molar-refractivity contribution in [1.82, 2.24) is 19.6 Å². The van der Waals surface area contributed by atoms with Crippen LogP contribution in [0.1, 0.15) is 22.5 Å². The summed E-state index contributed by atoms with van der Waals surface area (Å²) in [6.45, 7) is -0.811. The van der Waals surface area contributed by atoms with Gasteiger partial charge in [0, 0.05) is 39.4 Å². The fraction of sp³-hybridized carbons (Fsp3) is 0.667. The van der Waals surface area contributed by atoms with E-state index in [0.717, 1.165) is 4.68 Å². The molecule has 2 rings (SSSR count). The van der Waals surface area contributed by atoms with Gasteiger partial charge < -0.3 is 4.90 Å². The summed E-state index contributed by atoms with van der Waals surface area (Å²) in [6, 6.07) is 0. The van der Waals surface area contributed by atoms with Crippen LogP contribution in [0.25, 0.3) is 0 Å². The quantitative estimate of drug-likeness (QED) is 0.794. The average molecular weight is 326 g/mol. The summed E-state index contributed by atoms with van der Waals surface area (Å²) in [5.74, 6) is -0.630. The number of aromatic nitrogens is 2. The number of aryl methyl sites for hydroxylation is 1. The third-order valence-electron chi connectivity index (χ3n) is 3.36. The molecular formula is C12H15F5N4O. The summed E-state index contributed by atoms with van der Waals surface area (Å²) in [5.41, 5.74) is -0.813.